The summed E-state index contributed by atoms with van der Waals surface area (Å²) in [6, 6.07) is 3.91. The minimum atomic E-state index is 0.107. The van der Waals surface area contributed by atoms with Gasteiger partial charge < -0.3 is 5.73 Å². The van der Waals surface area contributed by atoms with Crippen molar-refractivity contribution in [3.05, 3.63) is 41.9 Å². The average molecular weight is 230 g/mol. The second kappa shape index (κ2) is 4.30. The zero-order valence-corrected chi connectivity index (χ0v) is 10.5. The molecule has 0 unspecified atom stereocenters. The van der Waals surface area contributed by atoms with E-state index in [9.17, 15) is 0 Å². The smallest absolute Gasteiger partial charge is 0.153 e. The predicted octanol–water partition coefficient (Wildman–Crippen LogP) is 2.02. The SMILES string of the molecule is CC(C)(C)c1cnn(-c2ccc(CN)cn2)c1. The standard InChI is InChI=1S/C13H18N4/c1-13(2,3)11-8-16-17(9-11)12-5-4-10(6-14)7-15-12/h4-5,7-9H,6,14H2,1-3H3. The molecule has 2 heterocycles. The van der Waals surface area contributed by atoms with Crippen LogP contribution in [0.25, 0.3) is 5.82 Å². The Hall–Kier alpha value is -1.68. The molecule has 0 amide bonds. The van der Waals surface area contributed by atoms with Crippen molar-refractivity contribution in [2.24, 2.45) is 5.73 Å². The first-order chi connectivity index (χ1) is 8.00. The maximum Gasteiger partial charge on any atom is 0.153 e. The highest BCUT2D eigenvalue weighted by Gasteiger charge is 2.16. The molecule has 0 bridgehead atoms. The van der Waals surface area contributed by atoms with Crippen LogP contribution in [0.15, 0.2) is 30.7 Å². The summed E-state index contributed by atoms with van der Waals surface area (Å²) in [7, 11) is 0. The van der Waals surface area contributed by atoms with Crippen LogP contribution in [0.1, 0.15) is 31.9 Å². The van der Waals surface area contributed by atoms with Gasteiger partial charge in [-0.1, -0.05) is 26.8 Å². The third kappa shape index (κ3) is 2.53. The van der Waals surface area contributed by atoms with Crippen molar-refractivity contribution in [3.63, 3.8) is 0 Å². The second-order valence-corrected chi connectivity index (χ2v) is 5.15. The minimum Gasteiger partial charge on any atom is -0.326 e. The Balaban J connectivity index is 2.30. The molecule has 2 aromatic rings. The number of nitrogens with zero attached hydrogens (tertiary/aromatic N) is 3. The van der Waals surface area contributed by atoms with Crippen LogP contribution in [0.4, 0.5) is 0 Å². The van der Waals surface area contributed by atoms with E-state index in [1.54, 1.807) is 10.9 Å². The summed E-state index contributed by atoms with van der Waals surface area (Å²) >= 11 is 0. The highest BCUT2D eigenvalue weighted by molar-refractivity contribution is 5.27. The van der Waals surface area contributed by atoms with E-state index >= 15 is 0 Å². The van der Waals surface area contributed by atoms with Crippen molar-refractivity contribution in [1.29, 1.82) is 0 Å². The maximum atomic E-state index is 5.54. The second-order valence-electron chi connectivity index (χ2n) is 5.15. The number of hydrogen-bond acceptors (Lipinski definition) is 3. The molecule has 0 radical (unpaired) electrons. The molecular weight excluding hydrogens is 212 g/mol. The molecule has 4 nitrogen and oxygen atoms in total. The van der Waals surface area contributed by atoms with Crippen molar-refractivity contribution in [1.82, 2.24) is 14.8 Å². The van der Waals surface area contributed by atoms with Crippen LogP contribution >= 0.6 is 0 Å². The lowest BCUT2D eigenvalue weighted by atomic mass is 9.90. The summed E-state index contributed by atoms with van der Waals surface area (Å²) in [6.07, 6.45) is 5.69. The summed E-state index contributed by atoms with van der Waals surface area (Å²) < 4.78 is 1.79. The van der Waals surface area contributed by atoms with Crippen LogP contribution in [0.5, 0.6) is 0 Å². The summed E-state index contributed by atoms with van der Waals surface area (Å²) in [5.41, 5.74) is 7.87. The zero-order chi connectivity index (χ0) is 12.5. The average Bonchev–Trinajstić information content (AvgIpc) is 2.78. The number of pyridine rings is 1. The largest absolute Gasteiger partial charge is 0.326 e. The number of hydrogen-bond donors (Lipinski definition) is 1. The highest BCUT2D eigenvalue weighted by Crippen LogP contribution is 2.21. The number of rotatable bonds is 2. The van der Waals surface area contributed by atoms with Crippen molar-refractivity contribution in [3.8, 4) is 5.82 Å². The Morgan fingerprint density at radius 3 is 2.47 bits per heavy atom. The van der Waals surface area contributed by atoms with Gasteiger partial charge in [-0.05, 0) is 22.6 Å². The van der Waals surface area contributed by atoms with Gasteiger partial charge in [0.25, 0.3) is 0 Å². The lowest BCUT2D eigenvalue weighted by Crippen LogP contribution is -2.09. The molecule has 0 aromatic carbocycles. The van der Waals surface area contributed by atoms with Crippen molar-refractivity contribution in [2.45, 2.75) is 32.7 Å². The van der Waals surface area contributed by atoms with E-state index < -0.39 is 0 Å². The van der Waals surface area contributed by atoms with Crippen LogP contribution in [0.3, 0.4) is 0 Å². The number of aromatic nitrogens is 3. The Labute approximate surface area is 101 Å². The predicted molar refractivity (Wildman–Crippen MR) is 68.0 cm³/mol. The van der Waals surface area contributed by atoms with Crippen LogP contribution in [0.2, 0.25) is 0 Å². The molecule has 0 saturated carbocycles. The van der Waals surface area contributed by atoms with Crippen LogP contribution in [-0.2, 0) is 12.0 Å². The molecule has 0 aliphatic heterocycles. The molecule has 0 saturated heterocycles. The monoisotopic (exact) mass is 230 g/mol. The summed E-state index contributed by atoms with van der Waals surface area (Å²) in [5, 5.41) is 4.33. The maximum absolute atomic E-state index is 5.54. The highest BCUT2D eigenvalue weighted by atomic mass is 15.3. The molecule has 4 heteroatoms. The Kier molecular flexibility index (Phi) is 2.98. The fourth-order valence-corrected chi connectivity index (χ4v) is 1.51. The van der Waals surface area contributed by atoms with Gasteiger partial charge in [0, 0.05) is 18.9 Å². The number of nitrogens with two attached hydrogens (primary N) is 1. The summed E-state index contributed by atoms with van der Waals surface area (Å²) in [4.78, 5) is 4.34. The third-order valence-corrected chi connectivity index (χ3v) is 2.73. The lowest BCUT2D eigenvalue weighted by Gasteiger charge is -2.14. The molecule has 2 N–H and O–H groups in total. The Morgan fingerprint density at radius 2 is 2.00 bits per heavy atom. The third-order valence-electron chi connectivity index (χ3n) is 2.73. The van der Waals surface area contributed by atoms with Crippen molar-refractivity contribution < 1.29 is 0 Å². The van der Waals surface area contributed by atoms with Gasteiger partial charge >= 0.3 is 0 Å². The van der Waals surface area contributed by atoms with E-state index in [0.29, 0.717) is 6.54 Å². The molecular formula is C13H18N4. The molecule has 0 fully saturated rings. The van der Waals surface area contributed by atoms with E-state index in [-0.39, 0.29) is 5.41 Å². The van der Waals surface area contributed by atoms with E-state index in [1.165, 1.54) is 5.56 Å². The molecule has 17 heavy (non-hydrogen) atoms. The molecule has 0 atom stereocenters. The zero-order valence-electron chi connectivity index (χ0n) is 10.5. The van der Waals surface area contributed by atoms with Crippen LogP contribution in [-0.4, -0.2) is 14.8 Å². The van der Waals surface area contributed by atoms with Gasteiger partial charge in [0.2, 0.25) is 0 Å². The molecule has 0 spiro atoms. The normalized spacial score (nSPS) is 11.8. The molecule has 90 valence electrons. The quantitative estimate of drug-likeness (QED) is 0.858. The van der Waals surface area contributed by atoms with Crippen LogP contribution < -0.4 is 5.73 Å². The van der Waals surface area contributed by atoms with E-state index in [0.717, 1.165) is 11.4 Å². The first kappa shape index (κ1) is 11.8. The van der Waals surface area contributed by atoms with Gasteiger partial charge in [0.15, 0.2) is 5.82 Å². The fraction of sp³-hybridized carbons (Fsp3) is 0.385. The van der Waals surface area contributed by atoms with Gasteiger partial charge in [0.1, 0.15) is 0 Å². The fourth-order valence-electron chi connectivity index (χ4n) is 1.51. The van der Waals surface area contributed by atoms with E-state index in [2.05, 4.69) is 30.9 Å². The first-order valence-corrected chi connectivity index (χ1v) is 5.71. The van der Waals surface area contributed by atoms with Crippen molar-refractivity contribution >= 4 is 0 Å². The van der Waals surface area contributed by atoms with Gasteiger partial charge in [-0.3, -0.25) is 0 Å². The summed E-state index contributed by atoms with van der Waals surface area (Å²) in [6.45, 7) is 7.01. The van der Waals surface area contributed by atoms with E-state index in [1.807, 2.05) is 24.5 Å². The van der Waals surface area contributed by atoms with Gasteiger partial charge in [-0.2, -0.15) is 5.10 Å². The Bertz CT molecular complexity index is 491. The minimum absolute atomic E-state index is 0.107. The van der Waals surface area contributed by atoms with Gasteiger partial charge in [-0.25, -0.2) is 9.67 Å². The van der Waals surface area contributed by atoms with Crippen molar-refractivity contribution in [2.75, 3.05) is 0 Å². The molecule has 0 aliphatic carbocycles. The lowest BCUT2D eigenvalue weighted by molar-refractivity contribution is 0.590. The topological polar surface area (TPSA) is 56.7 Å². The molecule has 2 aromatic heterocycles. The molecule has 0 aliphatic rings. The van der Waals surface area contributed by atoms with Gasteiger partial charge in [-0.15, -0.1) is 0 Å². The van der Waals surface area contributed by atoms with E-state index in [4.69, 9.17) is 5.73 Å². The van der Waals surface area contributed by atoms with Crippen LogP contribution in [0, 0.1) is 0 Å². The Morgan fingerprint density at radius 1 is 1.24 bits per heavy atom. The molecule has 2 rings (SSSR count). The first-order valence-electron chi connectivity index (χ1n) is 5.71. The summed E-state index contributed by atoms with van der Waals surface area (Å²) in [5.74, 6) is 0.817. The van der Waals surface area contributed by atoms with Gasteiger partial charge in [0.05, 0.1) is 6.20 Å².